The molecule has 1 heterocycles. The number of hydrogen-bond donors (Lipinski definition) is 2. The van der Waals surface area contributed by atoms with Crippen LogP contribution in [0.4, 0.5) is 0 Å². The number of aliphatic imine (C=N–C) groups is 1. The Kier molecular flexibility index (Phi) is 8.41. The Balaban J connectivity index is 2.06. The van der Waals surface area contributed by atoms with Crippen LogP contribution in [0.2, 0.25) is 0 Å². The van der Waals surface area contributed by atoms with Crippen molar-refractivity contribution in [3.63, 3.8) is 0 Å². The minimum absolute atomic E-state index is 0.0696. The highest BCUT2D eigenvalue weighted by molar-refractivity contribution is 7.98. The number of nitrogens with zero attached hydrogens (tertiary/aromatic N) is 1. The Bertz CT molecular complexity index is 528. The van der Waals surface area contributed by atoms with Crippen LogP contribution in [0.5, 0.6) is 5.75 Å². The molecule has 1 saturated heterocycles. The summed E-state index contributed by atoms with van der Waals surface area (Å²) in [4.78, 5) is 4.34. The molecule has 25 heavy (non-hydrogen) atoms. The zero-order chi connectivity index (χ0) is 18.0. The molecule has 0 atom stereocenters. The number of guanidine groups is 1. The van der Waals surface area contributed by atoms with Crippen molar-refractivity contribution in [1.82, 2.24) is 10.6 Å². The second kappa shape index (κ2) is 10.6. The van der Waals surface area contributed by atoms with Crippen molar-refractivity contribution in [2.45, 2.75) is 25.2 Å². The third-order valence-electron chi connectivity index (χ3n) is 4.64. The monoisotopic (exact) mass is 365 g/mol. The molecule has 0 unspecified atom stereocenters. The number of benzene rings is 1. The molecule has 0 bridgehead atoms. The summed E-state index contributed by atoms with van der Waals surface area (Å²) < 4.78 is 11.2. The van der Waals surface area contributed by atoms with Crippen molar-refractivity contribution in [3.8, 4) is 5.75 Å². The molecule has 1 aromatic carbocycles. The van der Waals surface area contributed by atoms with E-state index in [4.69, 9.17) is 9.47 Å². The van der Waals surface area contributed by atoms with Crippen LogP contribution in [-0.4, -0.2) is 57.9 Å². The maximum Gasteiger partial charge on any atom is 0.191 e. The lowest BCUT2D eigenvalue weighted by molar-refractivity contribution is 0.0513. The Morgan fingerprint density at radius 1 is 1.24 bits per heavy atom. The van der Waals surface area contributed by atoms with Gasteiger partial charge in [0.2, 0.25) is 0 Å². The first-order valence-electron chi connectivity index (χ1n) is 8.98. The van der Waals surface area contributed by atoms with Gasteiger partial charge in [-0.2, -0.15) is 11.8 Å². The minimum Gasteiger partial charge on any atom is -0.494 e. The summed E-state index contributed by atoms with van der Waals surface area (Å²) in [6, 6.07) is 8.53. The Morgan fingerprint density at radius 3 is 2.56 bits per heavy atom. The van der Waals surface area contributed by atoms with E-state index in [0.29, 0.717) is 6.61 Å². The molecule has 1 aliphatic heterocycles. The highest BCUT2D eigenvalue weighted by Crippen LogP contribution is 2.35. The lowest BCUT2D eigenvalue weighted by atomic mass is 9.74. The summed E-state index contributed by atoms with van der Waals surface area (Å²) >= 11 is 1.83. The van der Waals surface area contributed by atoms with Crippen LogP contribution in [-0.2, 0) is 10.2 Å². The summed E-state index contributed by atoms with van der Waals surface area (Å²) in [6.45, 7) is 6.06. The molecule has 2 rings (SSSR count). The van der Waals surface area contributed by atoms with Crippen LogP contribution >= 0.6 is 11.8 Å². The molecule has 5 nitrogen and oxygen atoms in total. The lowest BCUT2D eigenvalue weighted by Gasteiger charge is -2.38. The van der Waals surface area contributed by atoms with Crippen LogP contribution < -0.4 is 15.4 Å². The zero-order valence-electron chi connectivity index (χ0n) is 15.6. The first kappa shape index (κ1) is 19.9. The van der Waals surface area contributed by atoms with Crippen molar-refractivity contribution >= 4 is 17.7 Å². The Morgan fingerprint density at radius 2 is 1.96 bits per heavy atom. The number of thioether (sulfide) groups is 1. The number of rotatable bonds is 8. The molecule has 2 N–H and O–H groups in total. The topological polar surface area (TPSA) is 54.9 Å². The van der Waals surface area contributed by atoms with E-state index in [2.05, 4.69) is 46.1 Å². The average Bonchev–Trinajstić information content (AvgIpc) is 2.66. The highest BCUT2D eigenvalue weighted by atomic mass is 32.2. The SMILES string of the molecule is CCOc1ccc(C2(CNC(=NC)NCCSC)CCOCC2)cc1. The molecule has 0 radical (unpaired) electrons. The number of nitrogens with one attached hydrogen (secondary N) is 2. The maximum absolute atomic E-state index is 5.62. The number of hydrogen-bond acceptors (Lipinski definition) is 4. The normalized spacial score (nSPS) is 17.2. The fourth-order valence-corrected chi connectivity index (χ4v) is 3.45. The molecule has 1 aromatic rings. The molecule has 0 aromatic heterocycles. The molecule has 1 fully saturated rings. The zero-order valence-corrected chi connectivity index (χ0v) is 16.5. The molecule has 140 valence electrons. The molecular formula is C19H31N3O2S. The van der Waals surface area contributed by atoms with Gasteiger partial charge in [0, 0.05) is 44.5 Å². The number of ether oxygens (including phenoxy) is 2. The first-order valence-corrected chi connectivity index (χ1v) is 10.4. The molecule has 0 spiro atoms. The van der Waals surface area contributed by atoms with Crippen molar-refractivity contribution < 1.29 is 9.47 Å². The van der Waals surface area contributed by atoms with Gasteiger partial charge >= 0.3 is 0 Å². The van der Waals surface area contributed by atoms with Crippen molar-refractivity contribution in [3.05, 3.63) is 29.8 Å². The average molecular weight is 366 g/mol. The van der Waals surface area contributed by atoms with E-state index in [9.17, 15) is 0 Å². The van der Waals surface area contributed by atoms with Gasteiger partial charge in [-0.1, -0.05) is 12.1 Å². The van der Waals surface area contributed by atoms with Crippen molar-refractivity contribution in [2.75, 3.05) is 52.0 Å². The van der Waals surface area contributed by atoms with E-state index in [1.807, 2.05) is 25.7 Å². The highest BCUT2D eigenvalue weighted by Gasteiger charge is 2.34. The van der Waals surface area contributed by atoms with Gasteiger partial charge in [0.1, 0.15) is 5.75 Å². The lowest BCUT2D eigenvalue weighted by Crippen LogP contribution is -2.48. The van der Waals surface area contributed by atoms with Gasteiger partial charge in [-0.3, -0.25) is 4.99 Å². The van der Waals surface area contributed by atoms with E-state index in [1.165, 1.54) is 5.56 Å². The van der Waals surface area contributed by atoms with Gasteiger partial charge in [0.15, 0.2) is 5.96 Å². The molecule has 0 amide bonds. The molecule has 0 aliphatic carbocycles. The summed E-state index contributed by atoms with van der Waals surface area (Å²) in [6.07, 6.45) is 4.13. The quantitative estimate of drug-likeness (QED) is 0.421. The largest absolute Gasteiger partial charge is 0.494 e. The Labute approximate surface area is 156 Å². The predicted octanol–water partition coefficient (Wildman–Crippen LogP) is 2.66. The van der Waals surface area contributed by atoms with Crippen LogP contribution in [0.1, 0.15) is 25.3 Å². The molecule has 0 saturated carbocycles. The third-order valence-corrected chi connectivity index (χ3v) is 5.26. The molecule has 6 heteroatoms. The van der Waals surface area contributed by atoms with Gasteiger partial charge < -0.3 is 20.1 Å². The van der Waals surface area contributed by atoms with E-state index in [0.717, 1.165) is 56.6 Å². The Hall–Kier alpha value is -1.40. The summed E-state index contributed by atoms with van der Waals surface area (Å²) in [7, 11) is 1.82. The van der Waals surface area contributed by atoms with Gasteiger partial charge in [-0.15, -0.1) is 0 Å². The van der Waals surface area contributed by atoms with E-state index < -0.39 is 0 Å². The first-order chi connectivity index (χ1) is 12.2. The standard InChI is InChI=1S/C19H31N3O2S/c1-4-24-17-7-5-16(6-8-17)19(9-12-23-13-10-19)15-22-18(20-2)21-11-14-25-3/h5-8H,4,9-15H2,1-3H3,(H2,20,21,22). The fraction of sp³-hybridized carbons (Fsp3) is 0.632. The van der Waals surface area contributed by atoms with E-state index in [1.54, 1.807) is 0 Å². The van der Waals surface area contributed by atoms with Gasteiger partial charge in [-0.25, -0.2) is 0 Å². The van der Waals surface area contributed by atoms with Crippen molar-refractivity contribution in [2.24, 2.45) is 4.99 Å². The fourth-order valence-electron chi connectivity index (χ4n) is 3.15. The molecular weight excluding hydrogens is 334 g/mol. The van der Waals surface area contributed by atoms with Gasteiger partial charge in [0.25, 0.3) is 0 Å². The summed E-state index contributed by atoms with van der Waals surface area (Å²) in [5.74, 6) is 2.86. The minimum atomic E-state index is 0.0696. The second-order valence-electron chi connectivity index (χ2n) is 6.20. The van der Waals surface area contributed by atoms with Crippen LogP contribution in [0.15, 0.2) is 29.3 Å². The van der Waals surface area contributed by atoms with E-state index in [-0.39, 0.29) is 5.41 Å². The summed E-state index contributed by atoms with van der Waals surface area (Å²) in [5.41, 5.74) is 1.41. The molecule has 1 aliphatic rings. The smallest absolute Gasteiger partial charge is 0.191 e. The van der Waals surface area contributed by atoms with Gasteiger partial charge in [-0.05, 0) is 43.7 Å². The van der Waals surface area contributed by atoms with Crippen molar-refractivity contribution in [1.29, 1.82) is 0 Å². The van der Waals surface area contributed by atoms with Crippen LogP contribution in [0, 0.1) is 0 Å². The predicted molar refractivity (Wildman–Crippen MR) is 107 cm³/mol. The summed E-state index contributed by atoms with van der Waals surface area (Å²) in [5, 5.41) is 6.89. The van der Waals surface area contributed by atoms with Crippen LogP contribution in [0.25, 0.3) is 0 Å². The third kappa shape index (κ3) is 5.82. The van der Waals surface area contributed by atoms with E-state index >= 15 is 0 Å². The van der Waals surface area contributed by atoms with Gasteiger partial charge in [0.05, 0.1) is 6.61 Å². The van der Waals surface area contributed by atoms with Crippen LogP contribution in [0.3, 0.4) is 0 Å². The maximum atomic E-state index is 5.62. The second-order valence-corrected chi connectivity index (χ2v) is 7.18.